The number of carbonyl (C=O) groups is 2. The summed E-state index contributed by atoms with van der Waals surface area (Å²) in [5, 5.41) is 5.41. The highest BCUT2D eigenvalue weighted by Gasteiger charge is 2.36. The van der Waals surface area contributed by atoms with Gasteiger partial charge in [-0.1, -0.05) is 12.1 Å². The molecule has 6 nitrogen and oxygen atoms in total. The molecule has 7 heteroatoms. The van der Waals surface area contributed by atoms with E-state index in [0.29, 0.717) is 17.2 Å². The highest BCUT2D eigenvalue weighted by molar-refractivity contribution is 6.09. The summed E-state index contributed by atoms with van der Waals surface area (Å²) in [6.45, 7) is 3.43. The Bertz CT molecular complexity index is 834. The van der Waals surface area contributed by atoms with Gasteiger partial charge in [-0.15, -0.1) is 0 Å². The van der Waals surface area contributed by atoms with E-state index in [4.69, 9.17) is 9.47 Å². The molecule has 3 rings (SSSR count). The molecule has 0 aromatic heterocycles. The lowest BCUT2D eigenvalue weighted by atomic mass is 9.90. The molecule has 0 aliphatic carbocycles. The van der Waals surface area contributed by atoms with Crippen LogP contribution in [0.4, 0.5) is 10.1 Å². The van der Waals surface area contributed by atoms with Crippen molar-refractivity contribution in [1.82, 2.24) is 5.32 Å². The van der Waals surface area contributed by atoms with Crippen molar-refractivity contribution in [2.45, 2.75) is 20.4 Å². The molecule has 136 valence electrons. The zero-order chi connectivity index (χ0) is 18.7. The molecule has 0 spiro atoms. The number of hydrogen-bond donors (Lipinski definition) is 2. The number of hydrogen-bond acceptors (Lipinski definition) is 4. The third kappa shape index (κ3) is 3.77. The van der Waals surface area contributed by atoms with E-state index in [2.05, 4.69) is 10.6 Å². The summed E-state index contributed by atoms with van der Waals surface area (Å²) in [4.78, 5) is 25.0. The lowest BCUT2D eigenvalue weighted by Crippen LogP contribution is -2.44. The number of benzene rings is 2. The Morgan fingerprint density at radius 3 is 2.46 bits per heavy atom. The molecular weight excluding hydrogens is 339 g/mol. The lowest BCUT2D eigenvalue weighted by Gasteiger charge is -2.23. The van der Waals surface area contributed by atoms with Crippen molar-refractivity contribution in [3.8, 4) is 11.5 Å². The molecule has 0 saturated carbocycles. The first-order valence-corrected chi connectivity index (χ1v) is 8.10. The number of fused-ring (bicyclic) bond motifs is 1. The fraction of sp³-hybridized carbons (Fsp3) is 0.263. The summed E-state index contributed by atoms with van der Waals surface area (Å²) in [6.07, 6.45) is 0. The maximum atomic E-state index is 12.9. The number of halogens is 1. The van der Waals surface area contributed by atoms with E-state index in [-0.39, 0.29) is 19.2 Å². The van der Waals surface area contributed by atoms with E-state index in [9.17, 15) is 14.0 Å². The second-order valence-corrected chi connectivity index (χ2v) is 6.46. The normalized spacial score (nSPS) is 12.6. The summed E-state index contributed by atoms with van der Waals surface area (Å²) in [5.41, 5.74) is -0.0402. The van der Waals surface area contributed by atoms with E-state index in [1.807, 2.05) is 0 Å². The third-order valence-electron chi connectivity index (χ3n) is 4.13. The Morgan fingerprint density at radius 2 is 1.73 bits per heavy atom. The van der Waals surface area contributed by atoms with Crippen molar-refractivity contribution in [1.29, 1.82) is 0 Å². The maximum absolute atomic E-state index is 12.9. The molecule has 1 heterocycles. The van der Waals surface area contributed by atoms with Crippen molar-refractivity contribution in [3.63, 3.8) is 0 Å². The summed E-state index contributed by atoms with van der Waals surface area (Å²) in [6, 6.07) is 10.8. The summed E-state index contributed by atoms with van der Waals surface area (Å²) < 4.78 is 23.4. The van der Waals surface area contributed by atoms with Gasteiger partial charge in [-0.25, -0.2) is 4.39 Å². The monoisotopic (exact) mass is 358 g/mol. The molecule has 0 atom stereocenters. The zero-order valence-electron chi connectivity index (χ0n) is 14.5. The number of carbonyl (C=O) groups excluding carboxylic acids is 2. The third-order valence-corrected chi connectivity index (χ3v) is 4.13. The van der Waals surface area contributed by atoms with Gasteiger partial charge in [0.15, 0.2) is 11.5 Å². The minimum absolute atomic E-state index is 0.143. The van der Waals surface area contributed by atoms with Crippen molar-refractivity contribution >= 4 is 17.5 Å². The number of amides is 2. The van der Waals surface area contributed by atoms with E-state index in [0.717, 1.165) is 5.56 Å². The maximum Gasteiger partial charge on any atom is 0.239 e. The largest absolute Gasteiger partial charge is 0.454 e. The molecule has 0 fully saturated rings. The first-order chi connectivity index (χ1) is 12.4. The quantitative estimate of drug-likeness (QED) is 0.806. The van der Waals surface area contributed by atoms with Crippen LogP contribution in [0.5, 0.6) is 11.5 Å². The van der Waals surface area contributed by atoms with E-state index in [1.165, 1.54) is 26.0 Å². The van der Waals surface area contributed by atoms with Crippen molar-refractivity contribution < 1.29 is 23.5 Å². The average Bonchev–Trinajstić information content (AvgIpc) is 3.08. The molecule has 1 aliphatic heterocycles. The second-order valence-electron chi connectivity index (χ2n) is 6.46. The molecule has 2 aromatic carbocycles. The molecular formula is C19H19FN2O4. The van der Waals surface area contributed by atoms with Gasteiger partial charge < -0.3 is 20.1 Å². The van der Waals surface area contributed by atoms with E-state index < -0.39 is 17.2 Å². The number of nitrogens with one attached hydrogen (secondary N) is 2. The highest BCUT2D eigenvalue weighted by Crippen LogP contribution is 2.34. The molecule has 26 heavy (non-hydrogen) atoms. The van der Waals surface area contributed by atoms with Gasteiger partial charge in [-0.2, -0.15) is 0 Å². The van der Waals surface area contributed by atoms with Gasteiger partial charge in [0, 0.05) is 18.3 Å². The van der Waals surface area contributed by atoms with Crippen LogP contribution in [0.2, 0.25) is 0 Å². The fourth-order valence-electron chi connectivity index (χ4n) is 2.37. The Labute approximate surface area is 150 Å². The van der Waals surface area contributed by atoms with Crippen LogP contribution in [0.25, 0.3) is 0 Å². The van der Waals surface area contributed by atoms with Crippen LogP contribution in [-0.4, -0.2) is 18.6 Å². The Morgan fingerprint density at radius 1 is 1.04 bits per heavy atom. The second kappa shape index (κ2) is 7.03. The Kier molecular flexibility index (Phi) is 4.79. The topological polar surface area (TPSA) is 76.7 Å². The first kappa shape index (κ1) is 17.7. The molecule has 1 aliphatic rings. The van der Waals surface area contributed by atoms with Crippen LogP contribution in [0.3, 0.4) is 0 Å². The van der Waals surface area contributed by atoms with Gasteiger partial charge in [0.2, 0.25) is 18.6 Å². The Balaban J connectivity index is 1.61. The minimum Gasteiger partial charge on any atom is -0.454 e. The van der Waals surface area contributed by atoms with Crippen molar-refractivity contribution in [2.75, 3.05) is 12.1 Å². The zero-order valence-corrected chi connectivity index (χ0v) is 14.5. The van der Waals surface area contributed by atoms with Gasteiger partial charge in [-0.05, 0) is 43.7 Å². The molecule has 0 unspecified atom stereocenters. The number of ether oxygens (including phenoxy) is 2. The predicted molar refractivity (Wildman–Crippen MR) is 93.2 cm³/mol. The van der Waals surface area contributed by atoms with E-state index >= 15 is 0 Å². The summed E-state index contributed by atoms with van der Waals surface area (Å²) >= 11 is 0. The van der Waals surface area contributed by atoms with Crippen LogP contribution in [0.1, 0.15) is 19.4 Å². The summed E-state index contributed by atoms with van der Waals surface area (Å²) in [7, 11) is 0. The van der Waals surface area contributed by atoms with Gasteiger partial charge in [0.1, 0.15) is 11.2 Å². The smallest absolute Gasteiger partial charge is 0.239 e. The Hall–Kier alpha value is -3.09. The molecule has 2 N–H and O–H groups in total. The molecule has 0 saturated heterocycles. The first-order valence-electron chi connectivity index (χ1n) is 8.10. The standard InChI is InChI=1S/C19H19FN2O4/c1-19(2,17(23)21-10-12-3-5-13(20)6-4-12)18(24)22-14-7-8-15-16(9-14)26-11-25-15/h3-9H,10-11H2,1-2H3,(H,21,23)(H,22,24). The number of anilines is 1. The molecule has 0 radical (unpaired) electrons. The van der Waals surface area contributed by atoms with Gasteiger partial charge in [-0.3, -0.25) is 9.59 Å². The SMILES string of the molecule is CC(C)(C(=O)NCc1ccc(F)cc1)C(=O)Nc1ccc2c(c1)OCO2. The van der Waals surface area contributed by atoms with Crippen molar-refractivity contribution in [3.05, 3.63) is 53.8 Å². The van der Waals surface area contributed by atoms with Crippen LogP contribution >= 0.6 is 0 Å². The summed E-state index contributed by atoms with van der Waals surface area (Å²) in [5.74, 6) is -0.0720. The molecule has 2 amide bonds. The van der Waals surface area contributed by atoms with E-state index in [1.54, 1.807) is 30.3 Å². The van der Waals surface area contributed by atoms with Crippen LogP contribution in [0.15, 0.2) is 42.5 Å². The fourth-order valence-corrected chi connectivity index (χ4v) is 2.37. The molecule has 2 aromatic rings. The van der Waals surface area contributed by atoms with Crippen LogP contribution in [-0.2, 0) is 16.1 Å². The predicted octanol–water partition coefficient (Wildman–Crippen LogP) is 2.84. The van der Waals surface area contributed by atoms with Gasteiger partial charge >= 0.3 is 0 Å². The van der Waals surface area contributed by atoms with Crippen molar-refractivity contribution in [2.24, 2.45) is 5.41 Å². The highest BCUT2D eigenvalue weighted by atomic mass is 19.1. The van der Waals surface area contributed by atoms with Crippen LogP contribution < -0.4 is 20.1 Å². The lowest BCUT2D eigenvalue weighted by molar-refractivity contribution is -0.138. The number of rotatable bonds is 5. The van der Waals surface area contributed by atoms with Gasteiger partial charge in [0.25, 0.3) is 0 Å². The van der Waals surface area contributed by atoms with Gasteiger partial charge in [0.05, 0.1) is 0 Å². The van der Waals surface area contributed by atoms with Crippen LogP contribution in [0, 0.1) is 11.2 Å². The minimum atomic E-state index is -1.30. The average molecular weight is 358 g/mol. The molecule has 0 bridgehead atoms.